The summed E-state index contributed by atoms with van der Waals surface area (Å²) in [6.07, 6.45) is 1.61. The van der Waals surface area contributed by atoms with E-state index in [0.717, 1.165) is 16.8 Å². The van der Waals surface area contributed by atoms with Gasteiger partial charge in [-0.05, 0) is 43.2 Å². The number of nitrogen functional groups attached to an aromatic ring is 1. The number of nitrogens with two attached hydrogens (primary N) is 1. The summed E-state index contributed by atoms with van der Waals surface area (Å²) in [7, 11) is 0. The smallest absolute Gasteiger partial charge is 0.293 e. The van der Waals surface area contributed by atoms with E-state index in [4.69, 9.17) is 10.2 Å². The molecule has 0 spiro atoms. The molecule has 0 atom stereocenters. The van der Waals surface area contributed by atoms with Crippen LogP contribution in [0, 0.1) is 13.8 Å². The molecule has 3 aromatic rings. The molecule has 0 aliphatic carbocycles. The third-order valence-corrected chi connectivity index (χ3v) is 3.33. The molecule has 21 heavy (non-hydrogen) atoms. The van der Waals surface area contributed by atoms with Gasteiger partial charge < -0.3 is 15.5 Å². The summed E-state index contributed by atoms with van der Waals surface area (Å²) in [4.78, 5) is 16.5. The van der Waals surface area contributed by atoms with E-state index < -0.39 is 0 Å². The first-order valence-corrected chi connectivity index (χ1v) is 6.58. The van der Waals surface area contributed by atoms with Crippen LogP contribution in [0.5, 0.6) is 0 Å². The topological polar surface area (TPSA) is 81.2 Å². The Hall–Kier alpha value is -2.82. The Bertz CT molecular complexity index is 837. The summed E-state index contributed by atoms with van der Waals surface area (Å²) in [5, 5.41) is 2.83. The highest BCUT2D eigenvalue weighted by Crippen LogP contribution is 2.27. The van der Waals surface area contributed by atoms with Crippen LogP contribution >= 0.6 is 0 Å². The first kappa shape index (κ1) is 13.2. The predicted octanol–water partition coefficient (Wildman–Crippen LogP) is 3.28. The second-order valence-corrected chi connectivity index (χ2v) is 4.97. The molecule has 2 heterocycles. The number of hydrogen-bond acceptors (Lipinski definition) is 4. The van der Waals surface area contributed by atoms with Gasteiger partial charge in [0.05, 0.1) is 0 Å². The van der Waals surface area contributed by atoms with Crippen molar-refractivity contribution in [3.05, 3.63) is 53.4 Å². The molecular formula is C16H15N3O2. The molecule has 0 fully saturated rings. The summed E-state index contributed by atoms with van der Waals surface area (Å²) in [5.74, 6) is -0.288. The fourth-order valence-electron chi connectivity index (χ4n) is 2.17. The number of nitrogens with one attached hydrogen (secondary N) is 1. The lowest BCUT2D eigenvalue weighted by atomic mass is 10.1. The van der Waals surface area contributed by atoms with Gasteiger partial charge in [-0.2, -0.15) is 0 Å². The number of carbonyl (C=O) groups is 1. The number of pyridine rings is 1. The molecule has 3 rings (SSSR count). The zero-order chi connectivity index (χ0) is 15.0. The van der Waals surface area contributed by atoms with Crippen molar-refractivity contribution in [2.75, 3.05) is 11.1 Å². The number of carbonyl (C=O) groups excluding carboxylic acids is 1. The Morgan fingerprint density at radius 1 is 1.29 bits per heavy atom. The fourth-order valence-corrected chi connectivity index (χ4v) is 2.17. The highest BCUT2D eigenvalue weighted by Gasteiger charge is 2.19. The molecule has 0 aliphatic rings. The van der Waals surface area contributed by atoms with Crippen LogP contribution in [0.3, 0.4) is 0 Å². The van der Waals surface area contributed by atoms with Crippen molar-refractivity contribution in [2.45, 2.75) is 13.8 Å². The van der Waals surface area contributed by atoms with Crippen LogP contribution in [0.15, 0.2) is 40.9 Å². The van der Waals surface area contributed by atoms with Crippen molar-refractivity contribution in [3.63, 3.8) is 0 Å². The normalized spacial score (nSPS) is 10.8. The van der Waals surface area contributed by atoms with E-state index in [-0.39, 0.29) is 17.4 Å². The summed E-state index contributed by atoms with van der Waals surface area (Å²) in [5.41, 5.74) is 9.99. The van der Waals surface area contributed by atoms with E-state index in [1.165, 1.54) is 0 Å². The lowest BCUT2D eigenvalue weighted by Gasteiger charge is -2.08. The molecule has 0 saturated carbocycles. The largest absolute Gasteiger partial charge is 0.447 e. The Balaban J connectivity index is 1.97. The molecule has 2 aromatic heterocycles. The Kier molecular flexibility index (Phi) is 3.10. The summed E-state index contributed by atoms with van der Waals surface area (Å²) >= 11 is 0. The number of aryl methyl sites for hydroxylation is 2. The second-order valence-electron chi connectivity index (χ2n) is 4.97. The predicted molar refractivity (Wildman–Crippen MR) is 82.3 cm³/mol. The molecule has 0 aliphatic heterocycles. The quantitative estimate of drug-likeness (QED) is 0.755. The molecule has 0 bridgehead atoms. The number of aromatic nitrogens is 1. The SMILES string of the molecule is Cc1ccc(C)c(NC(=O)c2oc3cccnc3c2N)c1. The summed E-state index contributed by atoms with van der Waals surface area (Å²) < 4.78 is 5.50. The number of nitrogens with zero attached hydrogens (tertiary/aromatic N) is 1. The van der Waals surface area contributed by atoms with Crippen LogP contribution in [0.25, 0.3) is 11.1 Å². The Morgan fingerprint density at radius 3 is 2.86 bits per heavy atom. The number of anilines is 2. The van der Waals surface area contributed by atoms with Crippen molar-refractivity contribution < 1.29 is 9.21 Å². The number of hydrogen-bond donors (Lipinski definition) is 2. The maximum atomic E-state index is 12.4. The monoisotopic (exact) mass is 281 g/mol. The minimum Gasteiger partial charge on any atom is -0.447 e. The van der Waals surface area contributed by atoms with Crippen molar-refractivity contribution in [3.8, 4) is 0 Å². The highest BCUT2D eigenvalue weighted by molar-refractivity contribution is 6.10. The van der Waals surface area contributed by atoms with Gasteiger partial charge in [0.1, 0.15) is 11.2 Å². The van der Waals surface area contributed by atoms with E-state index in [1.54, 1.807) is 18.3 Å². The van der Waals surface area contributed by atoms with Gasteiger partial charge in [-0.15, -0.1) is 0 Å². The maximum absolute atomic E-state index is 12.4. The van der Waals surface area contributed by atoms with Gasteiger partial charge in [-0.3, -0.25) is 9.78 Å². The van der Waals surface area contributed by atoms with E-state index in [2.05, 4.69) is 10.3 Å². The second kappa shape index (κ2) is 4.94. The van der Waals surface area contributed by atoms with E-state index in [1.807, 2.05) is 32.0 Å². The zero-order valence-electron chi connectivity index (χ0n) is 11.8. The van der Waals surface area contributed by atoms with Gasteiger partial charge in [-0.1, -0.05) is 12.1 Å². The average molecular weight is 281 g/mol. The third kappa shape index (κ3) is 2.33. The molecule has 5 heteroatoms. The van der Waals surface area contributed by atoms with Crippen molar-refractivity contribution >= 4 is 28.4 Å². The number of amides is 1. The van der Waals surface area contributed by atoms with Gasteiger partial charge >= 0.3 is 0 Å². The number of benzene rings is 1. The van der Waals surface area contributed by atoms with E-state index >= 15 is 0 Å². The zero-order valence-corrected chi connectivity index (χ0v) is 11.8. The van der Waals surface area contributed by atoms with Crippen LogP contribution in [0.4, 0.5) is 11.4 Å². The van der Waals surface area contributed by atoms with Crippen LogP contribution < -0.4 is 11.1 Å². The van der Waals surface area contributed by atoms with Crippen molar-refractivity contribution in [1.29, 1.82) is 0 Å². The van der Waals surface area contributed by atoms with Crippen LogP contribution in [0.1, 0.15) is 21.7 Å². The molecule has 3 N–H and O–H groups in total. The van der Waals surface area contributed by atoms with E-state index in [9.17, 15) is 4.79 Å². The molecule has 0 saturated heterocycles. The summed E-state index contributed by atoms with van der Waals surface area (Å²) in [6.45, 7) is 3.90. The summed E-state index contributed by atoms with van der Waals surface area (Å²) in [6, 6.07) is 9.31. The molecular weight excluding hydrogens is 266 g/mol. The molecule has 1 aromatic carbocycles. The molecule has 5 nitrogen and oxygen atoms in total. The van der Waals surface area contributed by atoms with Crippen LogP contribution in [-0.2, 0) is 0 Å². The average Bonchev–Trinajstić information content (AvgIpc) is 2.81. The fraction of sp³-hybridized carbons (Fsp3) is 0.125. The van der Waals surface area contributed by atoms with Gasteiger partial charge in [0.2, 0.25) is 5.76 Å². The van der Waals surface area contributed by atoms with Gasteiger partial charge in [0, 0.05) is 11.9 Å². The minimum atomic E-state index is -0.376. The first-order valence-electron chi connectivity index (χ1n) is 6.58. The number of rotatable bonds is 2. The van der Waals surface area contributed by atoms with Gasteiger partial charge in [0.15, 0.2) is 5.58 Å². The minimum absolute atomic E-state index is 0.0876. The number of furan rings is 1. The Labute approximate surface area is 121 Å². The van der Waals surface area contributed by atoms with Gasteiger partial charge in [0.25, 0.3) is 5.91 Å². The third-order valence-electron chi connectivity index (χ3n) is 3.33. The highest BCUT2D eigenvalue weighted by atomic mass is 16.3. The lowest BCUT2D eigenvalue weighted by molar-refractivity contribution is 0.1000. The number of fused-ring (bicyclic) bond motifs is 1. The van der Waals surface area contributed by atoms with Gasteiger partial charge in [-0.25, -0.2) is 0 Å². The van der Waals surface area contributed by atoms with Crippen LogP contribution in [-0.4, -0.2) is 10.9 Å². The molecule has 1 amide bonds. The van der Waals surface area contributed by atoms with Crippen molar-refractivity contribution in [2.24, 2.45) is 0 Å². The molecule has 106 valence electrons. The maximum Gasteiger partial charge on any atom is 0.293 e. The van der Waals surface area contributed by atoms with Crippen molar-refractivity contribution in [1.82, 2.24) is 4.98 Å². The standard InChI is InChI=1S/C16H15N3O2/c1-9-5-6-10(2)11(8-9)19-16(20)15-13(17)14-12(21-15)4-3-7-18-14/h3-8H,17H2,1-2H3,(H,19,20). The van der Waals surface area contributed by atoms with Crippen LogP contribution in [0.2, 0.25) is 0 Å². The molecule has 0 unspecified atom stereocenters. The first-order chi connectivity index (χ1) is 10.1. The van der Waals surface area contributed by atoms with E-state index in [0.29, 0.717) is 11.1 Å². The molecule has 0 radical (unpaired) electrons. The lowest BCUT2D eigenvalue weighted by Crippen LogP contribution is -2.13. The Morgan fingerprint density at radius 2 is 2.10 bits per heavy atom.